The summed E-state index contributed by atoms with van der Waals surface area (Å²) in [6.07, 6.45) is 0. The van der Waals surface area contributed by atoms with Gasteiger partial charge in [-0.15, -0.1) is 0 Å². The molecule has 0 heterocycles. The highest BCUT2D eigenvalue weighted by Crippen LogP contribution is 2.24. The number of nitrogens with two attached hydrogens (primary N) is 1. The van der Waals surface area contributed by atoms with E-state index in [0.29, 0.717) is 11.3 Å². The SMILES string of the molecule is CC(C)(C)S(=O)(=O)Cc1cccc(N)c1C#N. The Morgan fingerprint density at radius 3 is 2.41 bits per heavy atom. The van der Waals surface area contributed by atoms with Gasteiger partial charge in [-0.2, -0.15) is 5.26 Å². The molecule has 0 saturated carbocycles. The Kier molecular flexibility index (Phi) is 3.48. The normalized spacial score (nSPS) is 12.1. The van der Waals surface area contributed by atoms with E-state index in [9.17, 15) is 8.42 Å². The maximum atomic E-state index is 12.1. The average Bonchev–Trinajstić information content (AvgIpc) is 2.15. The molecule has 0 aliphatic heterocycles. The van der Waals surface area contributed by atoms with Crippen molar-refractivity contribution < 1.29 is 8.42 Å². The molecule has 0 saturated heterocycles. The molecular weight excluding hydrogens is 236 g/mol. The van der Waals surface area contributed by atoms with Crippen LogP contribution in [0.4, 0.5) is 5.69 Å². The molecule has 0 aromatic heterocycles. The van der Waals surface area contributed by atoms with Crippen LogP contribution >= 0.6 is 0 Å². The predicted molar refractivity (Wildman–Crippen MR) is 67.9 cm³/mol. The quantitative estimate of drug-likeness (QED) is 0.814. The molecule has 0 radical (unpaired) electrons. The second-order valence-corrected chi connectivity index (χ2v) is 7.61. The third-order valence-corrected chi connectivity index (χ3v) is 5.13. The first-order valence-electron chi connectivity index (χ1n) is 5.19. The van der Waals surface area contributed by atoms with E-state index in [1.54, 1.807) is 39.0 Å². The van der Waals surface area contributed by atoms with Crippen molar-refractivity contribution in [2.24, 2.45) is 0 Å². The van der Waals surface area contributed by atoms with E-state index in [1.165, 1.54) is 0 Å². The van der Waals surface area contributed by atoms with Crippen LogP contribution < -0.4 is 5.73 Å². The second-order valence-electron chi connectivity index (χ2n) is 4.86. The number of benzene rings is 1. The fraction of sp³-hybridized carbons (Fsp3) is 0.417. The van der Waals surface area contributed by atoms with Crippen LogP contribution in [0.15, 0.2) is 18.2 Å². The summed E-state index contributed by atoms with van der Waals surface area (Å²) in [5.74, 6) is -0.162. The van der Waals surface area contributed by atoms with E-state index in [1.807, 2.05) is 6.07 Å². The van der Waals surface area contributed by atoms with Crippen molar-refractivity contribution in [3.63, 3.8) is 0 Å². The number of nitriles is 1. The molecule has 2 N–H and O–H groups in total. The number of nitrogens with zero attached hydrogens (tertiary/aromatic N) is 1. The molecule has 1 aromatic carbocycles. The average molecular weight is 252 g/mol. The Labute approximate surface area is 102 Å². The van der Waals surface area contributed by atoms with E-state index in [2.05, 4.69) is 0 Å². The lowest BCUT2D eigenvalue weighted by Gasteiger charge is -2.19. The summed E-state index contributed by atoms with van der Waals surface area (Å²) < 4.78 is 23.3. The molecule has 0 aliphatic rings. The number of nitrogen functional groups attached to an aromatic ring is 1. The number of sulfone groups is 1. The molecule has 92 valence electrons. The number of anilines is 1. The zero-order valence-electron chi connectivity index (χ0n) is 10.2. The standard InChI is InChI=1S/C12H16N2O2S/c1-12(2,3)17(15,16)8-9-5-4-6-11(14)10(9)7-13/h4-6H,8,14H2,1-3H3. The van der Waals surface area contributed by atoms with Gasteiger partial charge in [-0.3, -0.25) is 0 Å². The predicted octanol–water partition coefficient (Wildman–Crippen LogP) is 1.85. The van der Waals surface area contributed by atoms with Gasteiger partial charge in [-0.1, -0.05) is 12.1 Å². The van der Waals surface area contributed by atoms with Crippen molar-refractivity contribution >= 4 is 15.5 Å². The summed E-state index contributed by atoms with van der Waals surface area (Å²) in [7, 11) is -3.31. The molecule has 0 spiro atoms. The molecule has 0 aliphatic carbocycles. The molecule has 0 unspecified atom stereocenters. The topological polar surface area (TPSA) is 83.9 Å². The second kappa shape index (κ2) is 4.38. The smallest absolute Gasteiger partial charge is 0.159 e. The van der Waals surface area contributed by atoms with Gasteiger partial charge >= 0.3 is 0 Å². The van der Waals surface area contributed by atoms with E-state index in [0.717, 1.165) is 0 Å². The fourth-order valence-corrected chi connectivity index (χ4v) is 2.38. The maximum absolute atomic E-state index is 12.1. The Hall–Kier alpha value is -1.54. The molecule has 1 rings (SSSR count). The van der Waals surface area contributed by atoms with Gasteiger partial charge in [0.2, 0.25) is 0 Å². The van der Waals surface area contributed by atoms with Crippen molar-refractivity contribution in [2.75, 3.05) is 5.73 Å². The molecule has 5 heteroatoms. The minimum atomic E-state index is -3.31. The fourth-order valence-electron chi connectivity index (χ4n) is 1.30. The zero-order chi connectivity index (χ0) is 13.3. The Bertz CT molecular complexity index is 563. The first kappa shape index (κ1) is 13.5. The molecule has 0 amide bonds. The van der Waals surface area contributed by atoms with Crippen LogP contribution in [0.1, 0.15) is 31.9 Å². The third kappa shape index (κ3) is 2.77. The first-order valence-corrected chi connectivity index (χ1v) is 6.84. The lowest BCUT2D eigenvalue weighted by atomic mass is 10.1. The van der Waals surface area contributed by atoms with E-state index < -0.39 is 14.6 Å². The lowest BCUT2D eigenvalue weighted by molar-refractivity contribution is 0.559. The van der Waals surface area contributed by atoms with Gasteiger partial charge in [0.05, 0.1) is 16.1 Å². The van der Waals surface area contributed by atoms with Crippen LogP contribution in [0.25, 0.3) is 0 Å². The molecule has 0 atom stereocenters. The minimum absolute atomic E-state index is 0.162. The largest absolute Gasteiger partial charge is 0.398 e. The number of rotatable bonds is 2. The molecule has 0 fully saturated rings. The first-order chi connectivity index (χ1) is 7.69. The van der Waals surface area contributed by atoms with Crippen LogP contribution in [0.2, 0.25) is 0 Å². The summed E-state index contributed by atoms with van der Waals surface area (Å²) in [4.78, 5) is 0. The summed E-state index contributed by atoms with van der Waals surface area (Å²) >= 11 is 0. The van der Waals surface area contributed by atoms with Gasteiger partial charge in [-0.05, 0) is 32.4 Å². The van der Waals surface area contributed by atoms with Gasteiger partial charge in [-0.25, -0.2) is 8.42 Å². The van der Waals surface area contributed by atoms with Crippen LogP contribution in [0.5, 0.6) is 0 Å². The highest BCUT2D eigenvalue weighted by atomic mass is 32.2. The lowest BCUT2D eigenvalue weighted by Crippen LogP contribution is -2.29. The van der Waals surface area contributed by atoms with Crippen molar-refractivity contribution in [2.45, 2.75) is 31.3 Å². The highest BCUT2D eigenvalue weighted by Gasteiger charge is 2.29. The Morgan fingerprint density at radius 2 is 1.94 bits per heavy atom. The summed E-state index contributed by atoms with van der Waals surface area (Å²) in [5.41, 5.74) is 6.67. The third-order valence-electron chi connectivity index (χ3n) is 2.57. The summed E-state index contributed by atoms with van der Waals surface area (Å²) in [6, 6.07) is 6.82. The van der Waals surface area contributed by atoms with Gasteiger partial charge in [0, 0.05) is 5.69 Å². The van der Waals surface area contributed by atoms with Crippen LogP contribution in [-0.4, -0.2) is 13.2 Å². The van der Waals surface area contributed by atoms with Crippen LogP contribution in [-0.2, 0) is 15.6 Å². The van der Waals surface area contributed by atoms with Crippen LogP contribution in [0.3, 0.4) is 0 Å². The van der Waals surface area contributed by atoms with Gasteiger partial charge in [0.1, 0.15) is 6.07 Å². The molecule has 1 aromatic rings. The number of hydrogen-bond donors (Lipinski definition) is 1. The molecule has 0 bridgehead atoms. The van der Waals surface area contributed by atoms with Gasteiger partial charge in [0.25, 0.3) is 0 Å². The number of hydrogen-bond acceptors (Lipinski definition) is 4. The molecular formula is C12H16N2O2S. The van der Waals surface area contributed by atoms with Gasteiger partial charge < -0.3 is 5.73 Å². The van der Waals surface area contributed by atoms with Crippen molar-refractivity contribution in [3.05, 3.63) is 29.3 Å². The molecule has 4 nitrogen and oxygen atoms in total. The van der Waals surface area contributed by atoms with Crippen molar-refractivity contribution in [1.82, 2.24) is 0 Å². The maximum Gasteiger partial charge on any atom is 0.159 e. The van der Waals surface area contributed by atoms with Crippen molar-refractivity contribution in [1.29, 1.82) is 5.26 Å². The monoisotopic (exact) mass is 252 g/mol. The van der Waals surface area contributed by atoms with E-state index in [4.69, 9.17) is 11.0 Å². The zero-order valence-corrected chi connectivity index (χ0v) is 11.0. The van der Waals surface area contributed by atoms with E-state index in [-0.39, 0.29) is 11.3 Å². The van der Waals surface area contributed by atoms with Crippen molar-refractivity contribution in [3.8, 4) is 6.07 Å². The summed E-state index contributed by atoms with van der Waals surface area (Å²) in [5, 5.41) is 8.97. The molecule has 17 heavy (non-hydrogen) atoms. The minimum Gasteiger partial charge on any atom is -0.398 e. The Morgan fingerprint density at radius 1 is 1.35 bits per heavy atom. The van der Waals surface area contributed by atoms with Gasteiger partial charge in [0.15, 0.2) is 9.84 Å². The van der Waals surface area contributed by atoms with Crippen LogP contribution in [0, 0.1) is 11.3 Å². The Balaban J connectivity index is 3.24. The summed E-state index contributed by atoms with van der Waals surface area (Å²) in [6.45, 7) is 4.92. The highest BCUT2D eigenvalue weighted by molar-refractivity contribution is 7.91. The van der Waals surface area contributed by atoms with E-state index >= 15 is 0 Å².